The van der Waals surface area contributed by atoms with Gasteiger partial charge in [0.1, 0.15) is 0 Å². The number of amides is 1. The lowest BCUT2D eigenvalue weighted by Crippen LogP contribution is -2.35. The third-order valence-electron chi connectivity index (χ3n) is 2.59. The molecule has 1 amide bonds. The van der Waals surface area contributed by atoms with E-state index in [1.54, 1.807) is 18.5 Å². The Morgan fingerprint density at radius 3 is 2.88 bits per heavy atom. The molecule has 1 fully saturated rings. The molecule has 1 aromatic heterocycles. The van der Waals surface area contributed by atoms with Gasteiger partial charge in [-0.05, 0) is 31.7 Å². The van der Waals surface area contributed by atoms with E-state index >= 15 is 0 Å². The summed E-state index contributed by atoms with van der Waals surface area (Å²) in [5, 5.41) is 3.65. The highest BCUT2D eigenvalue weighted by Crippen LogP contribution is 2.32. The Morgan fingerprint density at radius 2 is 2.25 bits per heavy atom. The Hall–Kier alpha value is -1.10. The van der Waals surface area contributed by atoms with Crippen LogP contribution in [0.1, 0.15) is 19.8 Å². The van der Waals surface area contributed by atoms with Gasteiger partial charge in [0, 0.05) is 18.4 Å². The number of aromatic nitrogens is 2. The van der Waals surface area contributed by atoms with Crippen LogP contribution >= 0.6 is 11.8 Å². The van der Waals surface area contributed by atoms with Crippen LogP contribution in [-0.2, 0) is 4.79 Å². The highest BCUT2D eigenvalue weighted by atomic mass is 32.2. The predicted octanol–water partition coefficient (Wildman–Crippen LogP) is 1.48. The first-order chi connectivity index (χ1) is 7.75. The summed E-state index contributed by atoms with van der Waals surface area (Å²) in [5.41, 5.74) is 0. The van der Waals surface area contributed by atoms with E-state index in [2.05, 4.69) is 22.2 Å². The fourth-order valence-electron chi connectivity index (χ4n) is 1.50. The third kappa shape index (κ3) is 3.48. The zero-order valence-electron chi connectivity index (χ0n) is 9.22. The number of carbonyl (C=O) groups excluding carboxylic acids is 1. The molecule has 16 heavy (non-hydrogen) atoms. The van der Waals surface area contributed by atoms with Gasteiger partial charge in [-0.3, -0.25) is 4.79 Å². The van der Waals surface area contributed by atoms with Crippen molar-refractivity contribution in [3.8, 4) is 0 Å². The van der Waals surface area contributed by atoms with Crippen molar-refractivity contribution in [3.05, 3.63) is 18.5 Å². The monoisotopic (exact) mass is 237 g/mol. The Labute approximate surface area is 99.3 Å². The normalized spacial score (nSPS) is 16.8. The average Bonchev–Trinajstić information content (AvgIpc) is 3.11. The van der Waals surface area contributed by atoms with Crippen LogP contribution in [0.25, 0.3) is 0 Å². The topological polar surface area (TPSA) is 54.9 Å². The molecule has 0 bridgehead atoms. The molecule has 1 N–H and O–H groups in total. The van der Waals surface area contributed by atoms with Crippen molar-refractivity contribution in [2.45, 2.75) is 31.0 Å². The molecule has 86 valence electrons. The van der Waals surface area contributed by atoms with Crippen molar-refractivity contribution in [2.24, 2.45) is 5.92 Å². The summed E-state index contributed by atoms with van der Waals surface area (Å²) in [6, 6.07) is 2.07. The number of nitrogens with zero attached hydrogens (tertiary/aromatic N) is 2. The number of carbonyl (C=O) groups is 1. The molecule has 1 aliphatic carbocycles. The van der Waals surface area contributed by atoms with Crippen LogP contribution in [0.4, 0.5) is 0 Å². The third-order valence-corrected chi connectivity index (χ3v) is 3.47. The summed E-state index contributed by atoms with van der Waals surface area (Å²) >= 11 is 1.37. The van der Waals surface area contributed by atoms with Crippen molar-refractivity contribution >= 4 is 17.7 Å². The minimum absolute atomic E-state index is 0.0665. The van der Waals surface area contributed by atoms with Crippen LogP contribution in [0, 0.1) is 5.92 Å². The average molecular weight is 237 g/mol. The van der Waals surface area contributed by atoms with Crippen molar-refractivity contribution in [1.82, 2.24) is 15.3 Å². The maximum atomic E-state index is 11.6. The minimum Gasteiger partial charge on any atom is -0.353 e. The molecule has 0 aromatic carbocycles. The van der Waals surface area contributed by atoms with Crippen LogP contribution in [0.15, 0.2) is 23.6 Å². The van der Waals surface area contributed by atoms with Crippen LogP contribution < -0.4 is 5.32 Å². The molecule has 4 nitrogen and oxygen atoms in total. The molecule has 1 aromatic rings. The molecule has 1 atom stereocenters. The molecule has 2 rings (SSSR count). The maximum absolute atomic E-state index is 11.6. The lowest BCUT2D eigenvalue weighted by molar-refractivity contribution is -0.119. The molecule has 1 saturated carbocycles. The van der Waals surface area contributed by atoms with Crippen LogP contribution in [0.3, 0.4) is 0 Å². The fourth-order valence-corrected chi connectivity index (χ4v) is 2.11. The second kappa shape index (κ2) is 5.30. The van der Waals surface area contributed by atoms with E-state index in [0.717, 1.165) is 0 Å². The minimum atomic E-state index is 0.0665. The van der Waals surface area contributed by atoms with E-state index < -0.39 is 0 Å². The molecule has 1 heterocycles. The number of hydrogen-bond acceptors (Lipinski definition) is 4. The number of thioether (sulfide) groups is 1. The number of nitrogens with one attached hydrogen (secondary N) is 1. The van der Waals surface area contributed by atoms with Crippen molar-refractivity contribution < 1.29 is 4.79 Å². The van der Waals surface area contributed by atoms with Crippen LogP contribution in [0.5, 0.6) is 0 Å². The molecule has 0 saturated heterocycles. The lowest BCUT2D eigenvalue weighted by atomic mass is 10.2. The van der Waals surface area contributed by atoms with E-state index in [-0.39, 0.29) is 5.91 Å². The van der Waals surface area contributed by atoms with Gasteiger partial charge in [-0.25, -0.2) is 9.97 Å². The van der Waals surface area contributed by atoms with Gasteiger partial charge in [-0.15, -0.1) is 0 Å². The predicted molar refractivity (Wildman–Crippen MR) is 63.1 cm³/mol. The number of rotatable bonds is 5. The van der Waals surface area contributed by atoms with Gasteiger partial charge < -0.3 is 5.32 Å². The summed E-state index contributed by atoms with van der Waals surface area (Å²) in [5.74, 6) is 1.15. The zero-order chi connectivity index (χ0) is 11.4. The summed E-state index contributed by atoms with van der Waals surface area (Å²) in [6.45, 7) is 2.07. The van der Waals surface area contributed by atoms with E-state index in [1.807, 2.05) is 0 Å². The molecule has 0 aliphatic heterocycles. The quantitative estimate of drug-likeness (QED) is 0.622. The highest BCUT2D eigenvalue weighted by molar-refractivity contribution is 7.99. The Morgan fingerprint density at radius 1 is 1.56 bits per heavy atom. The van der Waals surface area contributed by atoms with Gasteiger partial charge in [0.15, 0.2) is 5.16 Å². The van der Waals surface area contributed by atoms with E-state index in [4.69, 9.17) is 0 Å². The summed E-state index contributed by atoms with van der Waals surface area (Å²) in [6.07, 6.45) is 5.85. The first-order valence-corrected chi connectivity index (χ1v) is 6.43. The largest absolute Gasteiger partial charge is 0.353 e. The molecule has 5 heteroatoms. The Balaban J connectivity index is 1.71. The second-order valence-corrected chi connectivity index (χ2v) is 4.96. The maximum Gasteiger partial charge on any atom is 0.230 e. The summed E-state index contributed by atoms with van der Waals surface area (Å²) in [4.78, 5) is 19.7. The number of hydrogen-bond donors (Lipinski definition) is 1. The van der Waals surface area contributed by atoms with E-state index in [1.165, 1.54) is 24.6 Å². The molecule has 0 unspecified atom stereocenters. The van der Waals surface area contributed by atoms with Crippen molar-refractivity contribution in [3.63, 3.8) is 0 Å². The second-order valence-electron chi connectivity index (χ2n) is 4.01. The molecular formula is C11H15N3OS. The Bertz CT molecular complexity index is 354. The van der Waals surface area contributed by atoms with Gasteiger partial charge in [0.05, 0.1) is 5.75 Å². The van der Waals surface area contributed by atoms with Crippen molar-refractivity contribution in [1.29, 1.82) is 0 Å². The molecule has 1 aliphatic rings. The van der Waals surface area contributed by atoms with Crippen LogP contribution in [-0.4, -0.2) is 27.7 Å². The highest BCUT2D eigenvalue weighted by Gasteiger charge is 2.28. The SMILES string of the molecule is C[C@@H](NC(=O)CSc1ncccn1)C1CC1. The van der Waals surface area contributed by atoms with Gasteiger partial charge in [-0.2, -0.15) is 0 Å². The van der Waals surface area contributed by atoms with E-state index in [9.17, 15) is 4.79 Å². The summed E-state index contributed by atoms with van der Waals surface area (Å²) < 4.78 is 0. The molecular weight excluding hydrogens is 222 g/mol. The summed E-state index contributed by atoms with van der Waals surface area (Å²) in [7, 11) is 0. The Kier molecular flexibility index (Phi) is 3.77. The van der Waals surface area contributed by atoms with Crippen molar-refractivity contribution in [2.75, 3.05) is 5.75 Å². The molecule has 0 radical (unpaired) electrons. The van der Waals surface area contributed by atoms with Crippen LogP contribution in [0.2, 0.25) is 0 Å². The molecule has 0 spiro atoms. The van der Waals surface area contributed by atoms with Gasteiger partial charge >= 0.3 is 0 Å². The van der Waals surface area contributed by atoms with E-state index in [0.29, 0.717) is 22.9 Å². The standard InChI is InChI=1S/C11H15N3OS/c1-8(9-3-4-9)14-10(15)7-16-11-12-5-2-6-13-11/h2,5-6,8-9H,3-4,7H2,1H3,(H,14,15)/t8-/m1/s1. The smallest absolute Gasteiger partial charge is 0.230 e. The first kappa shape index (κ1) is 11.4. The van der Waals surface area contributed by atoms with Gasteiger partial charge in [0.25, 0.3) is 0 Å². The lowest BCUT2D eigenvalue weighted by Gasteiger charge is -2.11. The van der Waals surface area contributed by atoms with Gasteiger partial charge in [-0.1, -0.05) is 11.8 Å². The first-order valence-electron chi connectivity index (χ1n) is 5.45. The fraction of sp³-hybridized carbons (Fsp3) is 0.545. The zero-order valence-corrected chi connectivity index (χ0v) is 10.0. The van der Waals surface area contributed by atoms with Gasteiger partial charge in [0.2, 0.25) is 5.91 Å².